The van der Waals surface area contributed by atoms with E-state index in [-0.39, 0.29) is 32.6 Å². The zero-order chi connectivity index (χ0) is 22.8. The van der Waals surface area contributed by atoms with Crippen molar-refractivity contribution < 1.29 is 14.7 Å². The summed E-state index contributed by atoms with van der Waals surface area (Å²) >= 11 is 3.43. The first-order chi connectivity index (χ1) is 13.6. The highest BCUT2D eigenvalue weighted by Crippen LogP contribution is 2.44. The van der Waals surface area contributed by atoms with Gasteiger partial charge in [-0.3, -0.25) is 9.59 Å². The van der Waals surface area contributed by atoms with Crippen LogP contribution in [-0.2, 0) is 10.8 Å². The summed E-state index contributed by atoms with van der Waals surface area (Å²) in [6, 6.07) is 7.40. The van der Waals surface area contributed by atoms with E-state index in [1.165, 1.54) is 0 Å². The van der Waals surface area contributed by atoms with Crippen LogP contribution in [0.25, 0.3) is 5.57 Å². The first-order valence-corrected chi connectivity index (χ1v) is 10.9. The number of rotatable bonds is 1. The summed E-state index contributed by atoms with van der Waals surface area (Å²) in [7, 11) is 0. The van der Waals surface area contributed by atoms with E-state index in [1.54, 1.807) is 6.07 Å². The molecule has 0 saturated heterocycles. The van der Waals surface area contributed by atoms with Crippen molar-refractivity contribution in [3.63, 3.8) is 0 Å². The second kappa shape index (κ2) is 7.19. The van der Waals surface area contributed by atoms with Crippen LogP contribution in [0.15, 0.2) is 28.7 Å². The number of hydrogen-bond donors (Lipinski definition) is 1. The molecule has 3 nitrogen and oxygen atoms in total. The van der Waals surface area contributed by atoms with Crippen LogP contribution >= 0.6 is 15.9 Å². The van der Waals surface area contributed by atoms with Crippen molar-refractivity contribution in [2.24, 2.45) is 0 Å². The van der Waals surface area contributed by atoms with Gasteiger partial charge in [-0.1, -0.05) is 53.2 Å². The maximum atomic E-state index is 13.6. The third-order valence-electron chi connectivity index (χ3n) is 5.61. The number of carbonyl (C=O) groups is 2. The van der Waals surface area contributed by atoms with Gasteiger partial charge >= 0.3 is 0 Å². The molecule has 0 atom stereocenters. The zero-order valence-corrected chi connectivity index (χ0v) is 20.5. The van der Waals surface area contributed by atoms with Crippen LogP contribution in [-0.4, -0.2) is 16.7 Å². The molecule has 2 aromatic carbocycles. The highest BCUT2D eigenvalue weighted by Gasteiger charge is 2.35. The Bertz CT molecular complexity index is 1090. The Labute approximate surface area is 187 Å². The second-order valence-electron chi connectivity index (χ2n) is 10.3. The van der Waals surface area contributed by atoms with Gasteiger partial charge in [-0.2, -0.15) is 0 Å². The van der Waals surface area contributed by atoms with Gasteiger partial charge in [-0.25, -0.2) is 0 Å². The molecule has 0 fully saturated rings. The van der Waals surface area contributed by atoms with Gasteiger partial charge in [0, 0.05) is 27.8 Å². The van der Waals surface area contributed by atoms with Gasteiger partial charge in [0.15, 0.2) is 5.78 Å². The lowest BCUT2D eigenvalue weighted by Crippen LogP contribution is -2.22. The Morgan fingerprint density at radius 2 is 1.30 bits per heavy atom. The maximum Gasteiger partial charge on any atom is 0.201 e. The minimum Gasteiger partial charge on any atom is -0.507 e. The molecule has 2 aromatic rings. The van der Waals surface area contributed by atoms with Crippen LogP contribution in [0, 0.1) is 13.8 Å². The molecule has 0 heterocycles. The molecule has 0 spiro atoms. The van der Waals surface area contributed by atoms with Crippen LogP contribution in [0.4, 0.5) is 0 Å². The molecule has 0 bridgehead atoms. The van der Waals surface area contributed by atoms with E-state index >= 15 is 0 Å². The van der Waals surface area contributed by atoms with Crippen molar-refractivity contribution in [1.29, 1.82) is 0 Å². The molecular weight excluding hydrogens is 440 g/mol. The first-order valence-electron chi connectivity index (χ1n) is 10.1. The molecule has 0 aromatic heterocycles. The molecule has 0 saturated carbocycles. The average molecular weight is 469 g/mol. The van der Waals surface area contributed by atoms with Crippen LogP contribution in [0.2, 0.25) is 0 Å². The fourth-order valence-electron chi connectivity index (χ4n) is 4.08. The molecule has 1 aliphatic carbocycles. The van der Waals surface area contributed by atoms with Gasteiger partial charge in [0.2, 0.25) is 5.78 Å². The van der Waals surface area contributed by atoms with E-state index in [9.17, 15) is 14.7 Å². The van der Waals surface area contributed by atoms with Gasteiger partial charge in [0.25, 0.3) is 0 Å². The van der Waals surface area contributed by atoms with Gasteiger partial charge in [-0.15, -0.1) is 0 Å². The number of carbonyl (C=O) groups excluding carboxylic acids is 2. The molecule has 0 radical (unpaired) electrons. The third-order valence-corrected chi connectivity index (χ3v) is 6.37. The van der Waals surface area contributed by atoms with Gasteiger partial charge < -0.3 is 5.11 Å². The standard InChI is InChI=1S/C26H29BrO3/c1-13-9-14(2)19-16(10-13)22(28)21(27)20(24(19)30)15-11-17(25(3,4)5)23(29)18(12-15)26(6,7)8/h9-12,29H,1-8H3. The molecule has 0 amide bonds. The number of hydrogen-bond acceptors (Lipinski definition) is 3. The Balaban J connectivity index is 2.36. The van der Waals surface area contributed by atoms with E-state index in [1.807, 2.05) is 73.6 Å². The predicted octanol–water partition coefficient (Wildman–Crippen LogP) is 6.79. The van der Waals surface area contributed by atoms with Crippen molar-refractivity contribution in [2.75, 3.05) is 0 Å². The normalized spacial score (nSPS) is 15.0. The molecule has 1 N–H and O–H groups in total. The highest BCUT2D eigenvalue weighted by molar-refractivity contribution is 9.12. The summed E-state index contributed by atoms with van der Waals surface area (Å²) in [5.41, 5.74) is 4.50. The number of halogens is 1. The Hall–Kier alpha value is -2.20. The second-order valence-corrected chi connectivity index (χ2v) is 11.1. The summed E-state index contributed by atoms with van der Waals surface area (Å²) in [6.45, 7) is 15.9. The average Bonchev–Trinajstić information content (AvgIpc) is 2.58. The molecular formula is C26H29BrO3. The minimum atomic E-state index is -0.334. The van der Waals surface area contributed by atoms with Crippen molar-refractivity contribution in [3.8, 4) is 5.75 Å². The van der Waals surface area contributed by atoms with Crippen LogP contribution < -0.4 is 0 Å². The van der Waals surface area contributed by atoms with Crippen LogP contribution in [0.3, 0.4) is 0 Å². The number of aryl methyl sites for hydroxylation is 2. The van der Waals surface area contributed by atoms with Gasteiger partial charge in [0.05, 0.1) is 4.48 Å². The summed E-state index contributed by atoms with van der Waals surface area (Å²) in [5.74, 6) is -0.106. The number of allylic oxidation sites excluding steroid dienone is 2. The maximum absolute atomic E-state index is 13.6. The molecule has 3 rings (SSSR count). The van der Waals surface area contributed by atoms with Crippen molar-refractivity contribution in [2.45, 2.75) is 66.2 Å². The van der Waals surface area contributed by atoms with E-state index in [0.717, 1.165) is 22.3 Å². The zero-order valence-electron chi connectivity index (χ0n) is 19.0. The Kier molecular flexibility index (Phi) is 5.39. The number of ketones is 2. The van der Waals surface area contributed by atoms with Crippen LogP contribution in [0.1, 0.15) is 90.1 Å². The summed E-state index contributed by atoms with van der Waals surface area (Å²) in [4.78, 5) is 26.8. The summed E-state index contributed by atoms with van der Waals surface area (Å²) in [6.07, 6.45) is 0. The third kappa shape index (κ3) is 3.66. The number of phenols is 1. The molecule has 158 valence electrons. The smallest absolute Gasteiger partial charge is 0.201 e. The number of Topliss-reactive ketones (excluding diaryl/α,β-unsaturated/α-hetero) is 2. The topological polar surface area (TPSA) is 54.4 Å². The van der Waals surface area contributed by atoms with E-state index in [2.05, 4.69) is 15.9 Å². The molecule has 1 aliphatic rings. The Morgan fingerprint density at radius 3 is 1.77 bits per heavy atom. The lowest BCUT2D eigenvalue weighted by molar-refractivity contribution is 0.0998. The molecule has 0 aliphatic heterocycles. The highest BCUT2D eigenvalue weighted by atomic mass is 79.9. The van der Waals surface area contributed by atoms with Crippen LogP contribution in [0.5, 0.6) is 5.75 Å². The van der Waals surface area contributed by atoms with Gasteiger partial charge in [0.1, 0.15) is 5.75 Å². The monoisotopic (exact) mass is 468 g/mol. The largest absolute Gasteiger partial charge is 0.507 e. The number of benzene rings is 2. The Morgan fingerprint density at radius 1 is 0.800 bits per heavy atom. The molecule has 30 heavy (non-hydrogen) atoms. The van der Waals surface area contributed by atoms with Crippen molar-refractivity contribution in [3.05, 3.63) is 67.7 Å². The lowest BCUT2D eigenvalue weighted by atomic mass is 9.76. The molecule has 0 unspecified atom stereocenters. The number of aromatic hydroxyl groups is 1. The number of phenolic OH excluding ortho intramolecular Hbond substituents is 1. The fourth-order valence-corrected chi connectivity index (χ4v) is 4.71. The predicted molar refractivity (Wildman–Crippen MR) is 126 cm³/mol. The number of fused-ring (bicyclic) bond motifs is 1. The quantitative estimate of drug-likeness (QED) is 0.500. The fraction of sp³-hybridized carbons (Fsp3) is 0.385. The van der Waals surface area contributed by atoms with Crippen molar-refractivity contribution >= 4 is 33.1 Å². The lowest BCUT2D eigenvalue weighted by Gasteiger charge is -2.29. The summed E-state index contributed by atoms with van der Waals surface area (Å²) in [5, 5.41) is 11.0. The van der Waals surface area contributed by atoms with E-state index < -0.39 is 0 Å². The summed E-state index contributed by atoms with van der Waals surface area (Å²) < 4.78 is 0.274. The SMILES string of the molecule is Cc1cc(C)c2c(c1)C(=O)C(Br)=C(c1cc(C(C)(C)C)c(O)c(C(C)(C)C)c1)C2=O. The van der Waals surface area contributed by atoms with E-state index in [4.69, 9.17) is 0 Å². The van der Waals surface area contributed by atoms with Gasteiger partial charge in [-0.05, 0) is 69.9 Å². The molecule has 4 heteroatoms. The first kappa shape index (κ1) is 22.5. The minimum absolute atomic E-state index is 0.167. The van der Waals surface area contributed by atoms with E-state index in [0.29, 0.717) is 22.3 Å². The van der Waals surface area contributed by atoms with Crippen molar-refractivity contribution in [1.82, 2.24) is 0 Å².